The van der Waals surface area contributed by atoms with Crippen LogP contribution in [0.3, 0.4) is 0 Å². The number of aliphatic imine (C=N–C) groups is 2. The van der Waals surface area contributed by atoms with Crippen molar-refractivity contribution >= 4 is 11.6 Å². The van der Waals surface area contributed by atoms with Crippen LogP contribution in [0.1, 0.15) is 6.92 Å². The molecule has 0 aromatic carbocycles. The summed E-state index contributed by atoms with van der Waals surface area (Å²) in [6.07, 6.45) is 1.48. The lowest BCUT2D eigenvalue weighted by molar-refractivity contribution is 0.253. The Hall–Kier alpha value is -1.78. The molecule has 88 valence electrons. The van der Waals surface area contributed by atoms with E-state index in [0.717, 1.165) is 18.1 Å². The fraction of sp³-hybridized carbons (Fsp3) is 0.455. The second-order valence-corrected chi connectivity index (χ2v) is 3.24. The van der Waals surface area contributed by atoms with E-state index in [9.17, 15) is 0 Å². The summed E-state index contributed by atoms with van der Waals surface area (Å²) >= 11 is 0. The Morgan fingerprint density at radius 3 is 2.69 bits per heavy atom. The van der Waals surface area contributed by atoms with E-state index < -0.39 is 0 Å². The number of hydrogen-bond acceptors (Lipinski definition) is 5. The molecule has 0 aliphatic carbocycles. The van der Waals surface area contributed by atoms with Crippen LogP contribution in [0.5, 0.6) is 0 Å². The summed E-state index contributed by atoms with van der Waals surface area (Å²) < 4.78 is 5.65. The molecule has 0 radical (unpaired) electrons. The van der Waals surface area contributed by atoms with Gasteiger partial charge in [-0.1, -0.05) is 6.58 Å². The van der Waals surface area contributed by atoms with Crippen molar-refractivity contribution < 1.29 is 4.74 Å². The molecular formula is C11H18N4O. The first kappa shape index (κ1) is 12.3. The van der Waals surface area contributed by atoms with Crippen molar-refractivity contribution in [3.05, 3.63) is 24.4 Å². The average Bonchev–Trinajstić information content (AvgIpc) is 2.66. The second-order valence-electron chi connectivity index (χ2n) is 3.24. The minimum absolute atomic E-state index is 0.513. The molecule has 0 saturated carbocycles. The van der Waals surface area contributed by atoms with Crippen LogP contribution in [-0.2, 0) is 4.74 Å². The summed E-state index contributed by atoms with van der Waals surface area (Å²) in [7, 11) is 5.46. The highest BCUT2D eigenvalue weighted by molar-refractivity contribution is 6.47. The van der Waals surface area contributed by atoms with Crippen molar-refractivity contribution in [3.63, 3.8) is 0 Å². The van der Waals surface area contributed by atoms with E-state index in [-0.39, 0.29) is 0 Å². The third kappa shape index (κ3) is 2.08. The quantitative estimate of drug-likeness (QED) is 0.771. The Labute approximate surface area is 96.2 Å². The minimum atomic E-state index is 0.513. The molecular weight excluding hydrogens is 204 g/mol. The highest BCUT2D eigenvalue weighted by Crippen LogP contribution is 2.19. The normalized spacial score (nSPS) is 20.2. The predicted molar refractivity (Wildman–Crippen MR) is 66.5 cm³/mol. The van der Waals surface area contributed by atoms with E-state index in [1.165, 1.54) is 6.20 Å². The summed E-state index contributed by atoms with van der Waals surface area (Å²) in [4.78, 5) is 10.2. The Morgan fingerprint density at radius 2 is 2.25 bits per heavy atom. The van der Waals surface area contributed by atoms with Gasteiger partial charge in [-0.2, -0.15) is 0 Å². The zero-order chi connectivity index (χ0) is 12.1. The molecule has 1 N–H and O–H groups in total. The topological polar surface area (TPSA) is 49.2 Å². The zero-order valence-electron chi connectivity index (χ0n) is 10.2. The Kier molecular flexibility index (Phi) is 4.10. The molecule has 1 rings (SSSR count). The van der Waals surface area contributed by atoms with E-state index in [0.29, 0.717) is 11.6 Å². The molecule has 0 atom stereocenters. The lowest BCUT2D eigenvalue weighted by atomic mass is 10.3. The van der Waals surface area contributed by atoms with Crippen molar-refractivity contribution in [2.45, 2.75) is 6.92 Å². The molecule has 0 unspecified atom stereocenters. The van der Waals surface area contributed by atoms with Crippen LogP contribution in [-0.4, -0.2) is 44.2 Å². The van der Waals surface area contributed by atoms with Gasteiger partial charge in [-0.05, 0) is 6.92 Å². The van der Waals surface area contributed by atoms with Gasteiger partial charge in [0.1, 0.15) is 5.70 Å². The minimum Gasteiger partial charge on any atom is -0.418 e. The average molecular weight is 222 g/mol. The molecule has 0 saturated heterocycles. The Morgan fingerprint density at radius 1 is 1.56 bits per heavy atom. The lowest BCUT2D eigenvalue weighted by Gasteiger charge is -2.17. The van der Waals surface area contributed by atoms with Crippen molar-refractivity contribution in [1.29, 1.82) is 0 Å². The summed E-state index contributed by atoms with van der Waals surface area (Å²) in [5.74, 6) is 1.26. The first-order chi connectivity index (χ1) is 7.69. The maximum absolute atomic E-state index is 5.65. The summed E-state index contributed by atoms with van der Waals surface area (Å²) in [6.45, 7) is 6.49. The Bertz CT molecular complexity index is 368. The molecule has 0 bridgehead atoms. The highest BCUT2D eigenvalue weighted by Gasteiger charge is 2.30. The Balaban J connectivity index is 3.20. The van der Waals surface area contributed by atoms with Gasteiger partial charge in [-0.15, -0.1) is 0 Å². The van der Waals surface area contributed by atoms with Gasteiger partial charge in [0.25, 0.3) is 0 Å². The van der Waals surface area contributed by atoms with Gasteiger partial charge in [0.15, 0.2) is 5.71 Å². The van der Waals surface area contributed by atoms with Gasteiger partial charge in [0.2, 0.25) is 11.8 Å². The van der Waals surface area contributed by atoms with E-state index in [1.807, 2.05) is 19.0 Å². The lowest BCUT2D eigenvalue weighted by Crippen LogP contribution is -2.22. The number of nitrogens with zero attached hydrogens (tertiary/aromatic N) is 3. The van der Waals surface area contributed by atoms with Crippen molar-refractivity contribution in [3.8, 4) is 0 Å². The predicted octanol–water partition coefficient (Wildman–Crippen LogP) is 0.970. The fourth-order valence-electron chi connectivity index (χ4n) is 1.40. The molecule has 1 aliphatic rings. The van der Waals surface area contributed by atoms with Crippen LogP contribution in [0.4, 0.5) is 0 Å². The second kappa shape index (κ2) is 5.34. The molecule has 5 nitrogen and oxygen atoms in total. The van der Waals surface area contributed by atoms with Crippen LogP contribution < -0.4 is 5.32 Å². The van der Waals surface area contributed by atoms with Crippen LogP contribution in [0.25, 0.3) is 0 Å². The van der Waals surface area contributed by atoms with Gasteiger partial charge >= 0.3 is 0 Å². The molecule has 1 aliphatic heterocycles. The van der Waals surface area contributed by atoms with Crippen molar-refractivity contribution in [2.75, 3.05) is 27.7 Å². The SMILES string of the molecule is C=C/N=C1/C(NC)=C(N(C)CC)O/C1=N/C. The van der Waals surface area contributed by atoms with Crippen LogP contribution in [0, 0.1) is 0 Å². The smallest absolute Gasteiger partial charge is 0.244 e. The zero-order valence-corrected chi connectivity index (χ0v) is 10.2. The number of nitrogens with one attached hydrogen (secondary N) is 1. The van der Waals surface area contributed by atoms with Gasteiger partial charge in [-0.3, -0.25) is 4.99 Å². The monoisotopic (exact) mass is 222 g/mol. The highest BCUT2D eigenvalue weighted by atomic mass is 16.5. The third-order valence-electron chi connectivity index (χ3n) is 2.34. The molecule has 0 amide bonds. The summed E-state index contributed by atoms with van der Waals surface area (Å²) in [6, 6.07) is 0. The van der Waals surface area contributed by atoms with E-state index in [1.54, 1.807) is 7.05 Å². The van der Waals surface area contributed by atoms with Crippen molar-refractivity contribution in [2.24, 2.45) is 9.98 Å². The third-order valence-corrected chi connectivity index (χ3v) is 2.34. The largest absolute Gasteiger partial charge is 0.418 e. The molecule has 0 aromatic rings. The molecule has 5 heteroatoms. The maximum atomic E-state index is 5.65. The maximum Gasteiger partial charge on any atom is 0.244 e. The number of hydrogen-bond donors (Lipinski definition) is 1. The van der Waals surface area contributed by atoms with Crippen LogP contribution in [0.15, 0.2) is 34.3 Å². The molecule has 0 spiro atoms. The van der Waals surface area contributed by atoms with E-state index in [4.69, 9.17) is 4.74 Å². The molecule has 16 heavy (non-hydrogen) atoms. The van der Waals surface area contributed by atoms with E-state index >= 15 is 0 Å². The summed E-state index contributed by atoms with van der Waals surface area (Å²) in [5, 5.41) is 3.08. The van der Waals surface area contributed by atoms with Gasteiger partial charge in [0.05, 0.1) is 0 Å². The number of rotatable bonds is 4. The fourth-order valence-corrected chi connectivity index (χ4v) is 1.40. The molecule has 0 fully saturated rings. The molecule has 1 heterocycles. The standard InChI is InChI=1S/C11H18N4O/c1-6-14-8-9(12-3)11(15(5)7-2)16-10(8)13-4/h6,12H,1,7H2,2-5H3/b13-10+,14-8-. The van der Waals surface area contributed by atoms with Crippen LogP contribution >= 0.6 is 0 Å². The van der Waals surface area contributed by atoms with Gasteiger partial charge < -0.3 is 15.0 Å². The first-order valence-electron chi connectivity index (χ1n) is 5.16. The molecule has 0 aromatic heterocycles. The van der Waals surface area contributed by atoms with Crippen molar-refractivity contribution in [1.82, 2.24) is 10.2 Å². The first-order valence-corrected chi connectivity index (χ1v) is 5.16. The van der Waals surface area contributed by atoms with Crippen LogP contribution in [0.2, 0.25) is 0 Å². The van der Waals surface area contributed by atoms with Gasteiger partial charge in [0, 0.05) is 33.9 Å². The summed E-state index contributed by atoms with van der Waals surface area (Å²) in [5.41, 5.74) is 1.53. The van der Waals surface area contributed by atoms with E-state index in [2.05, 4.69) is 28.8 Å². The van der Waals surface area contributed by atoms with Gasteiger partial charge in [-0.25, -0.2) is 4.99 Å². The number of ether oxygens (including phenoxy) is 1.